The summed E-state index contributed by atoms with van der Waals surface area (Å²) in [5, 5.41) is 0. The molecule has 2 heterocycles. The lowest BCUT2D eigenvalue weighted by atomic mass is 9.66. The van der Waals surface area contributed by atoms with Crippen LogP contribution in [0.25, 0.3) is 44.5 Å². The van der Waals surface area contributed by atoms with Crippen molar-refractivity contribution in [3.8, 4) is 56.0 Å². The minimum atomic E-state index is -0.605. The van der Waals surface area contributed by atoms with Crippen molar-refractivity contribution in [2.24, 2.45) is 0 Å². The lowest BCUT2D eigenvalue weighted by Crippen LogP contribution is -2.32. The number of para-hydroxylation sites is 2. The van der Waals surface area contributed by atoms with E-state index in [0.717, 1.165) is 39.7 Å². The molecule has 0 atom stereocenters. The van der Waals surface area contributed by atoms with Gasteiger partial charge < -0.3 is 9.64 Å². The van der Waals surface area contributed by atoms with Gasteiger partial charge in [0.1, 0.15) is 11.5 Å². The second-order valence-electron chi connectivity index (χ2n) is 19.0. The average Bonchev–Trinajstić information content (AvgIpc) is 3.90. The van der Waals surface area contributed by atoms with E-state index < -0.39 is 10.8 Å². The Morgan fingerprint density at radius 1 is 0.296 bits per heavy atom. The maximum absolute atomic E-state index is 6.75. The molecule has 4 aliphatic rings. The van der Waals surface area contributed by atoms with Crippen LogP contribution < -0.4 is 9.64 Å². The van der Waals surface area contributed by atoms with Crippen LogP contribution in [0.15, 0.2) is 271 Å². The van der Waals surface area contributed by atoms with Gasteiger partial charge in [-0.3, -0.25) is 0 Å². The fourth-order valence-corrected chi connectivity index (χ4v) is 13.9. The molecule has 71 heavy (non-hydrogen) atoms. The van der Waals surface area contributed by atoms with Crippen LogP contribution in [0.5, 0.6) is 11.5 Å². The summed E-state index contributed by atoms with van der Waals surface area (Å²) in [6.45, 7) is 0. The normalized spacial score (nSPS) is 14.2. The Morgan fingerprint density at radius 3 is 1.37 bits per heavy atom. The quantitative estimate of drug-likeness (QED) is 0.171. The molecule has 0 unspecified atom stereocenters. The summed E-state index contributed by atoms with van der Waals surface area (Å²) >= 11 is 1.89. The van der Waals surface area contributed by atoms with Gasteiger partial charge in [-0.25, -0.2) is 0 Å². The fourth-order valence-electron chi connectivity index (χ4n) is 12.8. The summed E-state index contributed by atoms with van der Waals surface area (Å²) in [6.07, 6.45) is 0. The Morgan fingerprint density at radius 2 is 0.732 bits per heavy atom. The van der Waals surface area contributed by atoms with Crippen LogP contribution >= 0.6 is 11.8 Å². The molecular formula is C68H43NOS. The zero-order valence-electron chi connectivity index (χ0n) is 38.6. The predicted molar refractivity (Wildman–Crippen MR) is 291 cm³/mol. The molecule has 2 nitrogen and oxygen atoms in total. The van der Waals surface area contributed by atoms with Gasteiger partial charge in [-0.2, -0.15) is 0 Å². The van der Waals surface area contributed by atoms with Gasteiger partial charge in [0.15, 0.2) is 0 Å². The predicted octanol–water partition coefficient (Wildman–Crippen LogP) is 17.8. The monoisotopic (exact) mass is 921 g/mol. The summed E-state index contributed by atoms with van der Waals surface area (Å²) in [7, 11) is 0. The van der Waals surface area contributed by atoms with E-state index in [9.17, 15) is 0 Å². The van der Waals surface area contributed by atoms with Gasteiger partial charge in [0, 0.05) is 37.9 Å². The molecule has 0 amide bonds. The highest BCUT2D eigenvalue weighted by Gasteiger charge is 2.53. The summed E-state index contributed by atoms with van der Waals surface area (Å²) in [4.78, 5) is 5.09. The fraction of sp³-hybridized carbons (Fsp3) is 0.0294. The summed E-state index contributed by atoms with van der Waals surface area (Å²) in [5.74, 6) is 1.77. The van der Waals surface area contributed by atoms with Crippen molar-refractivity contribution >= 4 is 28.8 Å². The van der Waals surface area contributed by atoms with Gasteiger partial charge in [-0.05, 0) is 127 Å². The molecule has 332 valence electrons. The number of rotatable bonds is 5. The van der Waals surface area contributed by atoms with E-state index in [-0.39, 0.29) is 0 Å². The van der Waals surface area contributed by atoms with Gasteiger partial charge >= 0.3 is 0 Å². The van der Waals surface area contributed by atoms with E-state index in [4.69, 9.17) is 4.74 Å². The average molecular weight is 922 g/mol. The molecule has 0 saturated heterocycles. The highest BCUT2D eigenvalue weighted by atomic mass is 32.2. The third-order valence-corrected chi connectivity index (χ3v) is 16.8. The van der Waals surface area contributed by atoms with Crippen molar-refractivity contribution in [2.45, 2.75) is 20.6 Å². The summed E-state index contributed by atoms with van der Waals surface area (Å²) in [5.41, 5.74) is 22.1. The van der Waals surface area contributed by atoms with Crippen LogP contribution in [-0.2, 0) is 10.8 Å². The van der Waals surface area contributed by atoms with Crippen molar-refractivity contribution < 1.29 is 4.74 Å². The highest BCUT2D eigenvalue weighted by molar-refractivity contribution is 7.99. The smallest absolute Gasteiger partial charge is 0.132 e. The number of hydrogen-bond donors (Lipinski definition) is 0. The molecule has 2 spiro atoms. The van der Waals surface area contributed by atoms with Crippen molar-refractivity contribution in [2.75, 3.05) is 4.90 Å². The maximum atomic E-state index is 6.75. The highest BCUT2D eigenvalue weighted by Crippen LogP contribution is 2.66. The third-order valence-electron chi connectivity index (χ3n) is 15.6. The first-order chi connectivity index (χ1) is 35.2. The first-order valence-electron chi connectivity index (χ1n) is 24.5. The molecule has 0 saturated carbocycles. The molecule has 15 rings (SSSR count). The second kappa shape index (κ2) is 15.4. The van der Waals surface area contributed by atoms with E-state index in [0.29, 0.717) is 0 Å². The Kier molecular flexibility index (Phi) is 8.76. The number of anilines is 3. The van der Waals surface area contributed by atoms with E-state index in [2.05, 4.69) is 266 Å². The Labute approximate surface area is 418 Å². The molecule has 11 aromatic rings. The van der Waals surface area contributed by atoms with Crippen molar-refractivity contribution in [1.82, 2.24) is 0 Å². The van der Waals surface area contributed by atoms with Crippen LogP contribution in [0.4, 0.5) is 17.1 Å². The summed E-state index contributed by atoms with van der Waals surface area (Å²) in [6, 6.07) is 96.6. The first-order valence-corrected chi connectivity index (χ1v) is 25.3. The van der Waals surface area contributed by atoms with Gasteiger partial charge in [0.05, 0.1) is 16.5 Å². The number of fused-ring (bicyclic) bond motifs is 18. The van der Waals surface area contributed by atoms with Crippen molar-refractivity contribution in [1.29, 1.82) is 0 Å². The molecule has 3 heteroatoms. The van der Waals surface area contributed by atoms with E-state index in [1.54, 1.807) is 0 Å². The molecule has 0 N–H and O–H groups in total. The molecule has 2 aliphatic heterocycles. The van der Waals surface area contributed by atoms with E-state index >= 15 is 0 Å². The number of nitrogens with zero attached hydrogens (tertiary/aromatic N) is 1. The van der Waals surface area contributed by atoms with Gasteiger partial charge in [0.25, 0.3) is 0 Å². The molecule has 0 bridgehead atoms. The molecule has 2 aliphatic carbocycles. The lowest BCUT2D eigenvalue weighted by molar-refractivity contribution is 0.436. The van der Waals surface area contributed by atoms with Gasteiger partial charge in [-0.15, -0.1) is 0 Å². The Hall–Kier alpha value is -8.63. The molecule has 0 fully saturated rings. The Bertz CT molecular complexity index is 3860. The Balaban J connectivity index is 0.981. The largest absolute Gasteiger partial charge is 0.457 e. The minimum absolute atomic E-state index is 0.521. The molecule has 0 aromatic heterocycles. The van der Waals surface area contributed by atoms with Crippen LogP contribution in [0, 0.1) is 0 Å². The number of benzene rings is 11. The van der Waals surface area contributed by atoms with Gasteiger partial charge in [-0.1, -0.05) is 218 Å². The molecule has 0 radical (unpaired) electrons. The zero-order chi connectivity index (χ0) is 46.7. The van der Waals surface area contributed by atoms with E-state index in [1.165, 1.54) is 87.7 Å². The topological polar surface area (TPSA) is 12.5 Å². The minimum Gasteiger partial charge on any atom is -0.457 e. The third kappa shape index (κ3) is 5.61. The van der Waals surface area contributed by atoms with Crippen LogP contribution in [0.1, 0.15) is 44.5 Å². The second-order valence-corrected chi connectivity index (χ2v) is 20.1. The standard InChI is InChI=1S/C68H43NOS/c1-2-17-44(18-3-1)45-33-35-46(36-34-45)47-37-39-48(40-38-47)69(49-41-42-65-60(43-49)67(58-27-12-15-32-64(58)71-65)53-22-7-4-19-50(53)51-20-5-8-23-54(51)67)61-29-16-28-59-66(61)52-21-6-9-24-55(52)68(59)56-25-10-13-30-62(56)70-63-31-14-11-26-57(63)68/h1-43H. The van der Waals surface area contributed by atoms with Crippen LogP contribution in [0.3, 0.4) is 0 Å². The number of ether oxygens (including phenoxy) is 1. The lowest BCUT2D eigenvalue weighted by Gasteiger charge is -2.40. The van der Waals surface area contributed by atoms with Crippen LogP contribution in [-0.4, -0.2) is 0 Å². The van der Waals surface area contributed by atoms with Gasteiger partial charge in [0.2, 0.25) is 0 Å². The molecule has 11 aromatic carbocycles. The zero-order valence-corrected chi connectivity index (χ0v) is 39.4. The number of hydrogen-bond acceptors (Lipinski definition) is 3. The SMILES string of the molecule is c1ccc(-c2ccc(-c3ccc(N(c4ccc5c(c4)C4(c6ccccc6S5)c5ccccc5-c5ccccc54)c4cccc5c4-c4ccccc4C54c5ccccc5Oc5ccccc54)cc3)cc2)cc1. The molecular weight excluding hydrogens is 879 g/mol. The van der Waals surface area contributed by atoms with Crippen molar-refractivity contribution in [3.05, 3.63) is 305 Å². The van der Waals surface area contributed by atoms with Crippen LogP contribution in [0.2, 0.25) is 0 Å². The summed E-state index contributed by atoms with van der Waals surface area (Å²) < 4.78 is 6.75. The van der Waals surface area contributed by atoms with E-state index in [1.807, 2.05) is 11.8 Å². The van der Waals surface area contributed by atoms with Crippen molar-refractivity contribution in [3.63, 3.8) is 0 Å². The maximum Gasteiger partial charge on any atom is 0.132 e. The first kappa shape index (κ1) is 40.3.